The minimum Gasteiger partial charge on any atom is -0.345 e. The van der Waals surface area contributed by atoms with Crippen molar-refractivity contribution in [1.29, 1.82) is 0 Å². The molecule has 0 atom stereocenters. The van der Waals surface area contributed by atoms with Gasteiger partial charge in [0.1, 0.15) is 11.4 Å². The fraction of sp³-hybridized carbons (Fsp3) is 0.333. The number of nitrogens with zero attached hydrogens (tertiary/aromatic N) is 4. The molecule has 0 radical (unpaired) electrons. The topological polar surface area (TPSA) is 107 Å². The molecule has 1 aliphatic carbocycles. The number of halogens is 3. The summed E-state index contributed by atoms with van der Waals surface area (Å²) in [4.78, 5) is 15.0. The molecule has 4 N–H and O–H groups in total. The number of rotatable bonds is 5. The second-order valence-electron chi connectivity index (χ2n) is 7.17. The molecule has 8 nitrogen and oxygen atoms in total. The normalized spacial score (nSPS) is 13.9. The van der Waals surface area contributed by atoms with Gasteiger partial charge in [0.2, 0.25) is 5.95 Å². The van der Waals surface area contributed by atoms with Crippen LogP contribution < -0.4 is 10.6 Å². The fourth-order valence-corrected chi connectivity index (χ4v) is 3.34. The number of H-pyrrole nitrogens is 2. The molecule has 4 aromatic rings. The van der Waals surface area contributed by atoms with E-state index in [1.807, 2.05) is 13.8 Å². The van der Waals surface area contributed by atoms with E-state index in [2.05, 4.69) is 40.8 Å². The van der Waals surface area contributed by atoms with Crippen molar-refractivity contribution in [3.05, 3.63) is 48.0 Å². The fourth-order valence-electron chi connectivity index (χ4n) is 3.34. The number of imidazole rings is 1. The Morgan fingerprint density at radius 3 is 2.59 bits per heavy atom. The molecule has 0 aliphatic heterocycles. The average molecular weight is 444 g/mol. The molecule has 3 heterocycles. The van der Waals surface area contributed by atoms with Crippen molar-refractivity contribution in [2.24, 2.45) is 0 Å². The minimum atomic E-state index is -4.61. The zero-order valence-corrected chi connectivity index (χ0v) is 17.6. The predicted octanol–water partition coefficient (Wildman–Crippen LogP) is 5.88. The van der Waals surface area contributed by atoms with Gasteiger partial charge in [0.25, 0.3) is 0 Å². The maximum atomic E-state index is 13.5. The van der Waals surface area contributed by atoms with Gasteiger partial charge in [-0.05, 0) is 31.0 Å². The summed E-state index contributed by atoms with van der Waals surface area (Å²) in [6.45, 7) is 4.00. The van der Waals surface area contributed by atoms with Crippen LogP contribution >= 0.6 is 0 Å². The van der Waals surface area contributed by atoms with Crippen molar-refractivity contribution >= 4 is 34.3 Å². The van der Waals surface area contributed by atoms with Gasteiger partial charge < -0.3 is 15.6 Å². The summed E-state index contributed by atoms with van der Waals surface area (Å²) in [5.74, 6) is 0.328. The van der Waals surface area contributed by atoms with Crippen molar-refractivity contribution in [3.63, 3.8) is 0 Å². The monoisotopic (exact) mass is 444 g/mol. The summed E-state index contributed by atoms with van der Waals surface area (Å²) >= 11 is 0. The van der Waals surface area contributed by atoms with Gasteiger partial charge in [0.15, 0.2) is 5.82 Å². The minimum absolute atomic E-state index is 0.0270. The van der Waals surface area contributed by atoms with Gasteiger partial charge in [-0.1, -0.05) is 20.3 Å². The van der Waals surface area contributed by atoms with Crippen molar-refractivity contribution < 1.29 is 13.2 Å². The molecular formula is C21H23F3N8. The Hall–Kier alpha value is -3.63. The standard InChI is InChI=1S/C19H17F3N8.C2H6/c20-19(21,22)12-8-23-18(26-11-4-5-13-15(6-11)25-9-24-13)28-17(12)27-16-7-14(29-30-16)10-2-1-3-10;1-2/h4-10H,1-3H2,(H,24,25)(H3,23,26,27,28,29,30);1-2H3. The van der Waals surface area contributed by atoms with E-state index in [4.69, 9.17) is 0 Å². The van der Waals surface area contributed by atoms with Gasteiger partial charge in [-0.15, -0.1) is 0 Å². The lowest BCUT2D eigenvalue weighted by molar-refractivity contribution is -0.137. The van der Waals surface area contributed by atoms with E-state index >= 15 is 0 Å². The molecule has 1 fully saturated rings. The maximum absolute atomic E-state index is 13.5. The third-order valence-electron chi connectivity index (χ3n) is 5.16. The van der Waals surface area contributed by atoms with E-state index in [0.717, 1.165) is 42.2 Å². The van der Waals surface area contributed by atoms with Crippen LogP contribution in [-0.4, -0.2) is 30.1 Å². The first kappa shape index (κ1) is 21.6. The van der Waals surface area contributed by atoms with Crippen LogP contribution in [0.4, 0.5) is 36.4 Å². The summed E-state index contributed by atoms with van der Waals surface area (Å²) in [5.41, 5.74) is 2.12. The number of fused-ring (bicyclic) bond motifs is 1. The first-order chi connectivity index (χ1) is 15.5. The molecular weight excluding hydrogens is 421 g/mol. The highest BCUT2D eigenvalue weighted by Crippen LogP contribution is 2.38. The van der Waals surface area contributed by atoms with E-state index in [9.17, 15) is 13.2 Å². The number of anilines is 4. The molecule has 1 aliphatic rings. The van der Waals surface area contributed by atoms with Crippen LogP contribution in [0, 0.1) is 0 Å². The highest BCUT2D eigenvalue weighted by Gasteiger charge is 2.35. The molecule has 1 aromatic carbocycles. The first-order valence-electron chi connectivity index (χ1n) is 10.4. The molecule has 0 unspecified atom stereocenters. The highest BCUT2D eigenvalue weighted by atomic mass is 19.4. The summed E-state index contributed by atoms with van der Waals surface area (Å²) in [6.07, 6.45) is 0.965. The van der Waals surface area contributed by atoms with Gasteiger partial charge in [0, 0.05) is 29.6 Å². The Balaban J connectivity index is 0.00000119. The molecule has 32 heavy (non-hydrogen) atoms. The lowest BCUT2D eigenvalue weighted by atomic mass is 9.83. The number of aromatic nitrogens is 6. The molecule has 11 heteroatoms. The Morgan fingerprint density at radius 2 is 1.88 bits per heavy atom. The Labute approximate surface area is 182 Å². The molecule has 1 saturated carbocycles. The van der Waals surface area contributed by atoms with Crippen LogP contribution in [0.25, 0.3) is 11.0 Å². The van der Waals surface area contributed by atoms with Crippen LogP contribution in [0.2, 0.25) is 0 Å². The molecule has 0 amide bonds. The zero-order valence-electron chi connectivity index (χ0n) is 17.6. The number of hydrogen-bond donors (Lipinski definition) is 4. The zero-order chi connectivity index (χ0) is 22.7. The van der Waals surface area contributed by atoms with Gasteiger partial charge in [-0.25, -0.2) is 9.97 Å². The molecule has 0 bridgehead atoms. The second kappa shape index (κ2) is 8.85. The quantitative estimate of drug-likeness (QED) is 0.306. The van der Waals surface area contributed by atoms with Crippen molar-refractivity contribution in [2.75, 3.05) is 10.6 Å². The molecule has 0 spiro atoms. The second-order valence-corrected chi connectivity index (χ2v) is 7.17. The SMILES string of the molecule is CC.FC(F)(F)c1cnc(Nc2ccc3nc[nH]c3c2)nc1Nc1cc(C2CCC2)[nH]n1. The molecule has 5 rings (SSSR count). The van der Waals surface area contributed by atoms with Crippen molar-refractivity contribution in [1.82, 2.24) is 30.1 Å². The van der Waals surface area contributed by atoms with Gasteiger partial charge in [-0.2, -0.15) is 23.3 Å². The first-order valence-corrected chi connectivity index (χ1v) is 10.4. The number of nitrogens with one attached hydrogen (secondary N) is 4. The van der Waals surface area contributed by atoms with Gasteiger partial charge in [0.05, 0.1) is 17.4 Å². The van der Waals surface area contributed by atoms with E-state index < -0.39 is 11.7 Å². The molecule has 3 aromatic heterocycles. The summed E-state index contributed by atoms with van der Waals surface area (Å²) in [7, 11) is 0. The lowest BCUT2D eigenvalue weighted by Crippen LogP contribution is -2.12. The maximum Gasteiger partial charge on any atom is 0.421 e. The molecule has 0 saturated heterocycles. The number of alkyl halides is 3. The summed E-state index contributed by atoms with van der Waals surface area (Å²) in [5, 5.41) is 12.6. The lowest BCUT2D eigenvalue weighted by Gasteiger charge is -2.23. The van der Waals surface area contributed by atoms with E-state index in [0.29, 0.717) is 11.6 Å². The van der Waals surface area contributed by atoms with E-state index in [-0.39, 0.29) is 17.6 Å². The highest BCUT2D eigenvalue weighted by molar-refractivity contribution is 5.79. The van der Waals surface area contributed by atoms with E-state index in [1.165, 1.54) is 0 Å². The van der Waals surface area contributed by atoms with Crippen molar-refractivity contribution in [3.8, 4) is 0 Å². The van der Waals surface area contributed by atoms with Crippen LogP contribution in [0.3, 0.4) is 0 Å². The van der Waals surface area contributed by atoms with Gasteiger partial charge >= 0.3 is 6.18 Å². The van der Waals surface area contributed by atoms with Crippen molar-refractivity contribution in [2.45, 2.75) is 45.2 Å². The largest absolute Gasteiger partial charge is 0.421 e. The number of hydrogen-bond acceptors (Lipinski definition) is 6. The van der Waals surface area contributed by atoms with Crippen LogP contribution in [-0.2, 0) is 6.18 Å². The molecule has 168 valence electrons. The predicted molar refractivity (Wildman–Crippen MR) is 116 cm³/mol. The number of aromatic amines is 2. The Kier molecular flexibility index (Phi) is 5.97. The third-order valence-corrected chi connectivity index (χ3v) is 5.16. The van der Waals surface area contributed by atoms with E-state index in [1.54, 1.807) is 30.6 Å². The van der Waals surface area contributed by atoms with Crippen LogP contribution in [0.5, 0.6) is 0 Å². The van der Waals surface area contributed by atoms with Crippen LogP contribution in [0.15, 0.2) is 36.8 Å². The summed E-state index contributed by atoms with van der Waals surface area (Å²) in [6, 6.07) is 7.03. The third kappa shape index (κ3) is 4.51. The number of benzene rings is 1. The van der Waals surface area contributed by atoms with Gasteiger partial charge in [-0.3, -0.25) is 5.10 Å². The average Bonchev–Trinajstić information content (AvgIpc) is 3.37. The summed E-state index contributed by atoms with van der Waals surface area (Å²) < 4.78 is 40.4. The Bertz CT molecular complexity index is 1190. The smallest absolute Gasteiger partial charge is 0.345 e. The Morgan fingerprint density at radius 1 is 1.06 bits per heavy atom. The van der Waals surface area contributed by atoms with Crippen LogP contribution in [0.1, 0.15) is 50.3 Å².